The molecule has 0 saturated carbocycles. The summed E-state index contributed by atoms with van der Waals surface area (Å²) in [5, 5.41) is 18.9. The fraction of sp³-hybridized carbons (Fsp3) is 0.143. The van der Waals surface area contributed by atoms with Crippen molar-refractivity contribution in [2.24, 2.45) is 0 Å². The monoisotopic (exact) mass is 510 g/mol. The number of carboxylic acid groups (broad SMARTS) is 2. The number of nitrogens with zero attached hydrogens (tertiary/aromatic N) is 4. The zero-order valence-electron chi connectivity index (χ0n) is 20.3. The van der Waals surface area contributed by atoms with Crippen LogP contribution >= 0.6 is 11.8 Å². The van der Waals surface area contributed by atoms with Crippen molar-refractivity contribution in [2.45, 2.75) is 30.4 Å². The van der Waals surface area contributed by atoms with E-state index in [2.05, 4.69) is 52.5 Å². The molecule has 0 radical (unpaired) electrons. The molecule has 4 aromatic rings. The van der Waals surface area contributed by atoms with Gasteiger partial charge in [-0.15, -0.1) is 11.8 Å². The van der Waals surface area contributed by atoms with Crippen LogP contribution in [-0.2, 0) is 0 Å². The standard InChI is InChI=1S/C28H22N4O4S/c1-28(2,3)37-25-5-4-10-29-20(25)7-6-17-8-11-30-21(13-17)23-15-19(27(35)36)16-24(32-23)22-14-18(26(33)34)9-12-31-22/h4-5,8-16H,1-3H3,(H,33,34)(H,35,36). The molecule has 0 aliphatic heterocycles. The minimum atomic E-state index is -1.16. The molecule has 0 aliphatic carbocycles. The molecule has 0 aromatic carbocycles. The number of carboxylic acids is 2. The topological polar surface area (TPSA) is 126 Å². The molecule has 184 valence electrons. The summed E-state index contributed by atoms with van der Waals surface area (Å²) in [6.07, 6.45) is 4.61. The first kappa shape index (κ1) is 25.5. The molecule has 0 spiro atoms. The number of pyridine rings is 4. The number of carbonyl (C=O) groups is 2. The van der Waals surface area contributed by atoms with Gasteiger partial charge in [0.1, 0.15) is 5.69 Å². The largest absolute Gasteiger partial charge is 0.478 e. The molecule has 9 heteroatoms. The van der Waals surface area contributed by atoms with Crippen molar-refractivity contribution in [3.8, 4) is 34.6 Å². The van der Waals surface area contributed by atoms with Gasteiger partial charge in [-0.3, -0.25) is 9.97 Å². The van der Waals surface area contributed by atoms with Crippen LogP contribution in [0.2, 0.25) is 0 Å². The summed E-state index contributed by atoms with van der Waals surface area (Å²) in [7, 11) is 0. The zero-order valence-corrected chi connectivity index (χ0v) is 21.1. The van der Waals surface area contributed by atoms with Crippen molar-refractivity contribution < 1.29 is 19.8 Å². The molecule has 0 atom stereocenters. The van der Waals surface area contributed by atoms with Gasteiger partial charge in [-0.25, -0.2) is 19.6 Å². The second kappa shape index (κ2) is 10.6. The molecule has 2 N–H and O–H groups in total. The van der Waals surface area contributed by atoms with Crippen LogP contribution < -0.4 is 0 Å². The summed E-state index contributed by atoms with van der Waals surface area (Å²) in [6.45, 7) is 6.37. The van der Waals surface area contributed by atoms with E-state index in [9.17, 15) is 19.8 Å². The van der Waals surface area contributed by atoms with E-state index in [1.807, 2.05) is 12.1 Å². The van der Waals surface area contributed by atoms with Gasteiger partial charge in [0.15, 0.2) is 0 Å². The van der Waals surface area contributed by atoms with Crippen LogP contribution in [0.5, 0.6) is 0 Å². The number of hydrogen-bond donors (Lipinski definition) is 2. The van der Waals surface area contributed by atoms with Gasteiger partial charge < -0.3 is 10.2 Å². The average Bonchev–Trinajstić information content (AvgIpc) is 2.87. The van der Waals surface area contributed by atoms with Crippen LogP contribution in [0.1, 0.15) is 52.7 Å². The smallest absolute Gasteiger partial charge is 0.335 e. The lowest BCUT2D eigenvalue weighted by atomic mass is 10.1. The van der Waals surface area contributed by atoms with Gasteiger partial charge in [0.05, 0.1) is 33.9 Å². The quantitative estimate of drug-likeness (QED) is 0.272. The minimum Gasteiger partial charge on any atom is -0.478 e. The zero-order chi connectivity index (χ0) is 26.6. The Hall–Kier alpha value is -4.55. The minimum absolute atomic E-state index is 0.000669. The summed E-state index contributed by atoms with van der Waals surface area (Å²) in [5.41, 5.74) is 2.46. The molecule has 0 amide bonds. The number of hydrogen-bond acceptors (Lipinski definition) is 7. The number of rotatable bonds is 5. The SMILES string of the molecule is CC(C)(C)Sc1cccnc1C#Cc1ccnc(-c2cc(C(=O)O)cc(-c3cc(C(=O)O)ccn3)n2)c1. The first-order valence-corrected chi connectivity index (χ1v) is 12.0. The maximum absolute atomic E-state index is 11.8. The van der Waals surface area contributed by atoms with E-state index in [4.69, 9.17) is 0 Å². The maximum Gasteiger partial charge on any atom is 0.335 e. The van der Waals surface area contributed by atoms with E-state index >= 15 is 0 Å². The van der Waals surface area contributed by atoms with E-state index in [-0.39, 0.29) is 27.3 Å². The normalized spacial score (nSPS) is 10.9. The molecule has 0 saturated heterocycles. The summed E-state index contributed by atoms with van der Waals surface area (Å²) in [4.78, 5) is 41.6. The highest BCUT2D eigenvalue weighted by molar-refractivity contribution is 8.00. The lowest BCUT2D eigenvalue weighted by molar-refractivity contribution is 0.0686. The van der Waals surface area contributed by atoms with Crippen molar-refractivity contribution in [1.82, 2.24) is 19.9 Å². The third-order valence-corrected chi connectivity index (χ3v) is 6.04. The first-order chi connectivity index (χ1) is 17.6. The van der Waals surface area contributed by atoms with Gasteiger partial charge in [0.2, 0.25) is 0 Å². The number of aromatic carboxylic acids is 2. The predicted molar refractivity (Wildman–Crippen MR) is 140 cm³/mol. The lowest BCUT2D eigenvalue weighted by Crippen LogP contribution is -2.07. The highest BCUT2D eigenvalue weighted by Crippen LogP contribution is 2.33. The van der Waals surface area contributed by atoms with Crippen LogP contribution in [-0.4, -0.2) is 46.8 Å². The highest BCUT2D eigenvalue weighted by atomic mass is 32.2. The molecular weight excluding hydrogens is 488 g/mol. The average molecular weight is 511 g/mol. The molecule has 37 heavy (non-hydrogen) atoms. The van der Waals surface area contributed by atoms with Crippen molar-refractivity contribution >= 4 is 23.7 Å². The van der Waals surface area contributed by atoms with Crippen LogP contribution in [0, 0.1) is 11.8 Å². The summed E-state index contributed by atoms with van der Waals surface area (Å²) in [5.74, 6) is 3.96. The van der Waals surface area contributed by atoms with Gasteiger partial charge in [0.25, 0.3) is 0 Å². The summed E-state index contributed by atoms with van der Waals surface area (Å²) < 4.78 is 0.000669. The van der Waals surface area contributed by atoms with Crippen LogP contribution in [0.15, 0.2) is 72.0 Å². The molecule has 8 nitrogen and oxygen atoms in total. The van der Waals surface area contributed by atoms with E-state index in [1.165, 1.54) is 30.5 Å². The lowest BCUT2D eigenvalue weighted by Gasteiger charge is -2.17. The molecular formula is C28H22N4O4S. The summed E-state index contributed by atoms with van der Waals surface area (Å²) in [6, 6.07) is 12.8. The van der Waals surface area contributed by atoms with Gasteiger partial charge >= 0.3 is 11.9 Å². The summed E-state index contributed by atoms with van der Waals surface area (Å²) >= 11 is 1.68. The number of thioether (sulfide) groups is 1. The Bertz CT molecular complexity index is 1570. The molecule has 4 rings (SSSR count). The molecule has 0 bridgehead atoms. The molecule has 0 fully saturated rings. The Morgan fingerprint density at radius 2 is 1.38 bits per heavy atom. The van der Waals surface area contributed by atoms with Crippen molar-refractivity contribution in [1.29, 1.82) is 0 Å². The van der Waals surface area contributed by atoms with Crippen molar-refractivity contribution in [3.63, 3.8) is 0 Å². The molecule has 0 aliphatic rings. The van der Waals surface area contributed by atoms with Gasteiger partial charge in [0, 0.05) is 33.8 Å². The predicted octanol–water partition coefficient (Wildman–Crippen LogP) is 5.29. The third kappa shape index (κ3) is 6.57. The Morgan fingerprint density at radius 1 is 0.757 bits per heavy atom. The Labute approximate surface area is 217 Å². The maximum atomic E-state index is 11.8. The molecule has 4 heterocycles. The van der Waals surface area contributed by atoms with Gasteiger partial charge in [-0.2, -0.15) is 0 Å². The molecule has 4 aromatic heterocycles. The van der Waals surface area contributed by atoms with Crippen molar-refractivity contribution in [3.05, 3.63) is 89.5 Å². The second-order valence-electron chi connectivity index (χ2n) is 8.91. The fourth-order valence-electron chi connectivity index (χ4n) is 3.30. The van der Waals surface area contributed by atoms with Crippen LogP contribution in [0.4, 0.5) is 0 Å². The second-order valence-corrected chi connectivity index (χ2v) is 10.8. The third-order valence-electron chi connectivity index (χ3n) is 4.88. The fourth-order valence-corrected chi connectivity index (χ4v) is 4.30. The Morgan fingerprint density at radius 3 is 2.03 bits per heavy atom. The van der Waals surface area contributed by atoms with E-state index in [0.717, 1.165) is 4.90 Å². The number of aromatic nitrogens is 4. The van der Waals surface area contributed by atoms with Crippen molar-refractivity contribution in [2.75, 3.05) is 0 Å². The highest BCUT2D eigenvalue weighted by Gasteiger charge is 2.16. The molecule has 0 unspecified atom stereocenters. The van der Waals surface area contributed by atoms with Gasteiger partial charge in [-0.05, 0) is 54.5 Å². The van der Waals surface area contributed by atoms with Crippen LogP contribution in [0.3, 0.4) is 0 Å². The van der Waals surface area contributed by atoms with E-state index in [1.54, 1.807) is 36.3 Å². The van der Waals surface area contributed by atoms with E-state index in [0.29, 0.717) is 22.6 Å². The Kier molecular flexibility index (Phi) is 7.32. The van der Waals surface area contributed by atoms with Crippen LogP contribution in [0.25, 0.3) is 22.8 Å². The van der Waals surface area contributed by atoms with E-state index < -0.39 is 11.9 Å². The Balaban J connectivity index is 1.74. The van der Waals surface area contributed by atoms with Gasteiger partial charge in [-0.1, -0.05) is 26.7 Å². The first-order valence-electron chi connectivity index (χ1n) is 11.2.